The van der Waals surface area contributed by atoms with Crippen LogP contribution in [-0.2, 0) is 4.79 Å². The lowest BCUT2D eigenvalue weighted by atomic mass is 9.75. The average molecular weight is 435 g/mol. The molecule has 1 aromatic carbocycles. The molecule has 0 bridgehead atoms. The van der Waals surface area contributed by atoms with E-state index in [-0.39, 0.29) is 11.9 Å². The van der Waals surface area contributed by atoms with Gasteiger partial charge in [-0.3, -0.25) is 4.79 Å². The molecule has 32 heavy (non-hydrogen) atoms. The zero-order chi connectivity index (χ0) is 22.4. The van der Waals surface area contributed by atoms with Crippen molar-refractivity contribution in [2.75, 3.05) is 31.5 Å². The van der Waals surface area contributed by atoms with Gasteiger partial charge in [-0.15, -0.1) is 0 Å². The summed E-state index contributed by atoms with van der Waals surface area (Å²) in [5.41, 5.74) is 8.65. The molecule has 4 N–H and O–H groups in total. The van der Waals surface area contributed by atoms with Crippen LogP contribution >= 0.6 is 0 Å². The van der Waals surface area contributed by atoms with Gasteiger partial charge in [0.05, 0.1) is 18.3 Å². The van der Waals surface area contributed by atoms with Crippen molar-refractivity contribution in [3.63, 3.8) is 0 Å². The molecule has 1 unspecified atom stereocenters. The summed E-state index contributed by atoms with van der Waals surface area (Å²) in [6.45, 7) is 3.59. The summed E-state index contributed by atoms with van der Waals surface area (Å²) in [6.07, 6.45) is 14.6. The van der Waals surface area contributed by atoms with Crippen LogP contribution in [0.15, 0.2) is 59.3 Å². The van der Waals surface area contributed by atoms with Gasteiger partial charge in [0.2, 0.25) is 0 Å². The predicted octanol–water partition coefficient (Wildman–Crippen LogP) is 3.51. The molecule has 6 heteroatoms. The van der Waals surface area contributed by atoms with Crippen molar-refractivity contribution in [2.24, 2.45) is 16.1 Å². The molecule has 3 aliphatic rings. The fourth-order valence-corrected chi connectivity index (χ4v) is 4.73. The van der Waals surface area contributed by atoms with Crippen molar-refractivity contribution in [1.29, 1.82) is 0 Å². The fourth-order valence-electron chi connectivity index (χ4n) is 4.73. The lowest BCUT2D eigenvalue weighted by Gasteiger charge is -2.31. The lowest BCUT2D eigenvalue weighted by Crippen LogP contribution is -2.43. The van der Waals surface area contributed by atoms with E-state index in [4.69, 9.17) is 10.7 Å². The molecular weight excluding hydrogens is 400 g/mol. The number of nitrogens with two attached hydrogens (primary N) is 1. The number of anilines is 1. The Labute approximate surface area is 190 Å². The van der Waals surface area contributed by atoms with Gasteiger partial charge in [-0.2, -0.15) is 0 Å². The van der Waals surface area contributed by atoms with Crippen LogP contribution in [0.1, 0.15) is 44.1 Å². The molecule has 6 nitrogen and oxygen atoms in total. The predicted molar refractivity (Wildman–Crippen MR) is 130 cm³/mol. The summed E-state index contributed by atoms with van der Waals surface area (Å²) in [6, 6.07) is 8.09. The summed E-state index contributed by atoms with van der Waals surface area (Å²) >= 11 is 0. The van der Waals surface area contributed by atoms with Gasteiger partial charge in [-0.25, -0.2) is 4.99 Å². The van der Waals surface area contributed by atoms with E-state index in [2.05, 4.69) is 10.2 Å². The lowest BCUT2D eigenvalue weighted by molar-refractivity contribution is -0.119. The van der Waals surface area contributed by atoms with Crippen molar-refractivity contribution in [2.45, 2.75) is 44.6 Å². The number of para-hydroxylation sites is 1. The van der Waals surface area contributed by atoms with Gasteiger partial charge in [-0.1, -0.05) is 49.3 Å². The number of fused-ring (bicyclic) bond motifs is 1. The van der Waals surface area contributed by atoms with Crippen LogP contribution < -0.4 is 11.1 Å². The summed E-state index contributed by atoms with van der Waals surface area (Å²) in [5.74, 6) is 0.386. The first-order valence-corrected chi connectivity index (χ1v) is 11.8. The minimum absolute atomic E-state index is 0.0102. The number of nitrogens with zero attached hydrogens (tertiary/aromatic N) is 2. The first-order chi connectivity index (χ1) is 15.6. The molecule has 170 valence electrons. The highest BCUT2D eigenvalue weighted by atomic mass is 16.3. The highest BCUT2D eigenvalue weighted by Gasteiger charge is 2.39. The monoisotopic (exact) mass is 434 g/mol. The van der Waals surface area contributed by atoms with Gasteiger partial charge in [0.1, 0.15) is 11.3 Å². The Morgan fingerprint density at radius 2 is 2.00 bits per heavy atom. The van der Waals surface area contributed by atoms with E-state index in [0.29, 0.717) is 18.8 Å². The molecule has 4 rings (SSSR count). The van der Waals surface area contributed by atoms with Crippen LogP contribution in [0.5, 0.6) is 0 Å². The van der Waals surface area contributed by atoms with Crippen LogP contribution in [0.3, 0.4) is 0 Å². The van der Waals surface area contributed by atoms with E-state index in [1.54, 1.807) is 12.2 Å². The van der Waals surface area contributed by atoms with Crippen molar-refractivity contribution in [3.05, 3.63) is 59.8 Å². The maximum absolute atomic E-state index is 13.0. The zero-order valence-electron chi connectivity index (χ0n) is 18.7. The minimum Gasteiger partial charge on any atom is -0.393 e. The van der Waals surface area contributed by atoms with Crippen molar-refractivity contribution < 1.29 is 9.90 Å². The Morgan fingerprint density at radius 1 is 1.19 bits per heavy atom. The van der Waals surface area contributed by atoms with Crippen LogP contribution in [0.4, 0.5) is 5.69 Å². The summed E-state index contributed by atoms with van der Waals surface area (Å²) < 4.78 is 0. The molecule has 2 heterocycles. The molecule has 0 aromatic heterocycles. The molecule has 0 saturated carbocycles. The van der Waals surface area contributed by atoms with Crippen molar-refractivity contribution >= 4 is 23.4 Å². The second-order valence-electron chi connectivity index (χ2n) is 9.01. The topological polar surface area (TPSA) is 90.9 Å². The smallest absolute Gasteiger partial charge is 0.173 e. The molecule has 1 fully saturated rings. The highest BCUT2D eigenvalue weighted by molar-refractivity contribution is 6.15. The number of allylic oxidation sites excluding steroid dienone is 3. The molecule has 2 aliphatic heterocycles. The number of rotatable bonds is 8. The van der Waals surface area contributed by atoms with E-state index >= 15 is 0 Å². The van der Waals surface area contributed by atoms with E-state index in [1.807, 2.05) is 42.5 Å². The first kappa shape index (κ1) is 22.5. The van der Waals surface area contributed by atoms with Gasteiger partial charge >= 0.3 is 0 Å². The van der Waals surface area contributed by atoms with Crippen molar-refractivity contribution in [1.82, 2.24) is 4.90 Å². The van der Waals surface area contributed by atoms with Gasteiger partial charge in [0.25, 0.3) is 0 Å². The van der Waals surface area contributed by atoms with Gasteiger partial charge in [0, 0.05) is 18.8 Å². The molecule has 1 aliphatic carbocycles. The third-order valence-corrected chi connectivity index (χ3v) is 6.75. The van der Waals surface area contributed by atoms with E-state index in [1.165, 1.54) is 0 Å². The molecule has 1 aromatic rings. The maximum atomic E-state index is 13.0. The molecular formula is C26H34N4O2. The number of carbonyl (C=O) groups is 1. The number of amidine groups is 1. The number of ketones is 1. The summed E-state index contributed by atoms with van der Waals surface area (Å²) in [7, 11) is 0. The molecule has 0 spiro atoms. The second kappa shape index (κ2) is 10.3. The second-order valence-corrected chi connectivity index (χ2v) is 9.01. The van der Waals surface area contributed by atoms with Gasteiger partial charge in [0.15, 0.2) is 5.78 Å². The molecule has 0 radical (unpaired) electrons. The number of nitrogens with one attached hydrogen (secondary N) is 1. The van der Waals surface area contributed by atoms with Crippen LogP contribution in [0.2, 0.25) is 0 Å². The van der Waals surface area contributed by atoms with Gasteiger partial charge < -0.3 is 21.1 Å². The quantitative estimate of drug-likeness (QED) is 0.331. The number of piperidine rings is 1. The Kier molecular flexibility index (Phi) is 7.22. The summed E-state index contributed by atoms with van der Waals surface area (Å²) in [5, 5.41) is 13.0. The molecule has 1 atom stereocenters. The third-order valence-electron chi connectivity index (χ3n) is 6.75. The standard InChI is InChI=1S/C26H34N4O2/c27-25(29-21-18-20-8-2-3-9-23(20)28-19-21)26(14-6-4-10-24(26)32)13-5-1-7-15-30-16-11-22(31)12-17-30/h2-4,6,8-10,14,18,22,28,31H,1,5,7,11-13,15-17,19H2,(H2,27,29). The number of likely N-dealkylation sites (tertiary alicyclic amines) is 1. The normalized spacial score (nSPS) is 24.2. The summed E-state index contributed by atoms with van der Waals surface area (Å²) in [4.78, 5) is 20.1. The fraction of sp³-hybridized carbons (Fsp3) is 0.462. The largest absolute Gasteiger partial charge is 0.393 e. The Bertz CT molecular complexity index is 941. The Balaban J connectivity index is 1.39. The van der Waals surface area contributed by atoms with Crippen LogP contribution in [-0.4, -0.2) is 53.9 Å². The van der Waals surface area contributed by atoms with Gasteiger partial charge in [-0.05, 0) is 56.0 Å². The number of hydrogen-bond acceptors (Lipinski definition) is 5. The van der Waals surface area contributed by atoms with E-state index in [0.717, 1.165) is 68.7 Å². The van der Waals surface area contributed by atoms with E-state index in [9.17, 15) is 9.90 Å². The highest BCUT2D eigenvalue weighted by Crippen LogP contribution is 2.33. The SMILES string of the molecule is NC(=NC1=Cc2ccccc2NC1)C1(CCCCCN2CCC(O)CC2)C=CC=CC1=O. The maximum Gasteiger partial charge on any atom is 0.173 e. The third kappa shape index (κ3) is 5.19. The average Bonchev–Trinajstić information content (AvgIpc) is 2.81. The Hall–Kier alpha value is -2.70. The number of aliphatic hydroxyl groups is 1. The minimum atomic E-state index is -0.859. The van der Waals surface area contributed by atoms with Crippen LogP contribution in [0.25, 0.3) is 6.08 Å². The number of aliphatic hydroxyl groups excluding tert-OH is 1. The van der Waals surface area contributed by atoms with Crippen LogP contribution in [0, 0.1) is 5.41 Å². The number of carbonyl (C=O) groups excluding carboxylic acids is 1. The number of unbranched alkanes of at least 4 members (excludes halogenated alkanes) is 2. The molecule has 0 amide bonds. The number of hydrogen-bond donors (Lipinski definition) is 3. The molecule has 1 saturated heterocycles. The number of benzene rings is 1. The first-order valence-electron chi connectivity index (χ1n) is 11.8. The van der Waals surface area contributed by atoms with Crippen molar-refractivity contribution in [3.8, 4) is 0 Å². The number of aliphatic imine (C=N–C) groups is 1. The zero-order valence-corrected chi connectivity index (χ0v) is 18.7. The van der Waals surface area contributed by atoms with E-state index < -0.39 is 5.41 Å². The Morgan fingerprint density at radius 3 is 2.81 bits per heavy atom.